The molecule has 160 valence electrons. The van der Waals surface area contributed by atoms with Crippen molar-refractivity contribution in [1.82, 2.24) is 10.6 Å². The average Bonchev–Trinajstić information content (AvgIpc) is 2.64. The van der Waals surface area contributed by atoms with Gasteiger partial charge in [0.2, 0.25) is 0 Å². The van der Waals surface area contributed by atoms with E-state index < -0.39 is 9.84 Å². The van der Waals surface area contributed by atoms with Crippen LogP contribution in [0.1, 0.15) is 57.4 Å². The topological polar surface area (TPSA) is 70.6 Å². The van der Waals surface area contributed by atoms with E-state index in [0.717, 1.165) is 18.8 Å². The molecule has 0 heterocycles. The van der Waals surface area contributed by atoms with Gasteiger partial charge in [-0.25, -0.2) is 8.42 Å². The lowest BCUT2D eigenvalue weighted by Crippen LogP contribution is -2.47. The predicted molar refractivity (Wildman–Crippen MR) is 129 cm³/mol. The SMILES string of the molecule is CN=C(NCC(C)(C)CCS(C)(=O)=O)NC1CCC(c2ccccc2)CC1.I. The zero-order valence-corrected chi connectivity index (χ0v) is 20.7. The van der Waals surface area contributed by atoms with Crippen LogP contribution in [0.4, 0.5) is 0 Å². The first-order valence-electron chi connectivity index (χ1n) is 9.88. The van der Waals surface area contributed by atoms with E-state index in [1.807, 2.05) is 0 Å². The number of aliphatic imine (C=N–C) groups is 1. The molecule has 7 heteroatoms. The maximum absolute atomic E-state index is 11.4. The van der Waals surface area contributed by atoms with Crippen LogP contribution in [0.3, 0.4) is 0 Å². The lowest BCUT2D eigenvalue weighted by Gasteiger charge is -2.31. The summed E-state index contributed by atoms with van der Waals surface area (Å²) in [6.45, 7) is 4.87. The third-order valence-corrected chi connectivity index (χ3v) is 6.39. The zero-order valence-electron chi connectivity index (χ0n) is 17.6. The molecule has 0 aromatic heterocycles. The molecule has 1 aliphatic rings. The highest BCUT2D eigenvalue weighted by molar-refractivity contribution is 14.0. The lowest BCUT2D eigenvalue weighted by atomic mass is 9.82. The molecule has 0 atom stereocenters. The molecule has 1 aromatic rings. The Labute approximate surface area is 188 Å². The van der Waals surface area contributed by atoms with Gasteiger partial charge in [-0.1, -0.05) is 44.2 Å². The summed E-state index contributed by atoms with van der Waals surface area (Å²) in [5.74, 6) is 1.69. The van der Waals surface area contributed by atoms with Gasteiger partial charge in [-0.2, -0.15) is 0 Å². The van der Waals surface area contributed by atoms with Crippen molar-refractivity contribution in [1.29, 1.82) is 0 Å². The molecule has 28 heavy (non-hydrogen) atoms. The van der Waals surface area contributed by atoms with Crippen molar-refractivity contribution in [3.63, 3.8) is 0 Å². The molecule has 2 N–H and O–H groups in total. The van der Waals surface area contributed by atoms with Crippen molar-refractivity contribution in [2.24, 2.45) is 10.4 Å². The van der Waals surface area contributed by atoms with E-state index in [1.54, 1.807) is 7.05 Å². The summed E-state index contributed by atoms with van der Waals surface area (Å²) in [5, 5.41) is 6.92. The van der Waals surface area contributed by atoms with Crippen molar-refractivity contribution >= 4 is 39.8 Å². The Kier molecular flexibility index (Phi) is 10.2. The van der Waals surface area contributed by atoms with Gasteiger partial charge < -0.3 is 10.6 Å². The van der Waals surface area contributed by atoms with E-state index in [0.29, 0.717) is 24.9 Å². The Morgan fingerprint density at radius 1 is 1.14 bits per heavy atom. The molecule has 2 rings (SSSR count). The molecule has 0 radical (unpaired) electrons. The van der Waals surface area contributed by atoms with Crippen LogP contribution in [0.25, 0.3) is 0 Å². The van der Waals surface area contributed by atoms with E-state index >= 15 is 0 Å². The molecule has 0 bridgehead atoms. The molecule has 1 aromatic carbocycles. The maximum atomic E-state index is 11.4. The minimum absolute atomic E-state index is 0. The largest absolute Gasteiger partial charge is 0.356 e. The third kappa shape index (κ3) is 9.11. The van der Waals surface area contributed by atoms with Gasteiger partial charge in [0, 0.05) is 25.9 Å². The van der Waals surface area contributed by atoms with Crippen LogP contribution >= 0.6 is 24.0 Å². The minimum Gasteiger partial charge on any atom is -0.356 e. The van der Waals surface area contributed by atoms with Gasteiger partial charge >= 0.3 is 0 Å². The number of rotatable bonds is 7. The van der Waals surface area contributed by atoms with E-state index in [9.17, 15) is 8.42 Å². The van der Waals surface area contributed by atoms with Crippen molar-refractivity contribution in [3.05, 3.63) is 35.9 Å². The summed E-state index contributed by atoms with van der Waals surface area (Å²) in [7, 11) is -1.14. The summed E-state index contributed by atoms with van der Waals surface area (Å²) in [6.07, 6.45) is 6.59. The van der Waals surface area contributed by atoms with Gasteiger partial charge in [0.05, 0.1) is 5.75 Å². The quantitative estimate of drug-likeness (QED) is 0.324. The number of nitrogens with one attached hydrogen (secondary N) is 2. The second-order valence-electron chi connectivity index (χ2n) is 8.57. The van der Waals surface area contributed by atoms with Gasteiger partial charge in [-0.05, 0) is 49.0 Å². The summed E-state index contributed by atoms with van der Waals surface area (Å²) in [4.78, 5) is 4.35. The van der Waals surface area contributed by atoms with Crippen LogP contribution in [0.5, 0.6) is 0 Å². The van der Waals surface area contributed by atoms with Crippen molar-refractivity contribution in [2.45, 2.75) is 57.9 Å². The molecule has 0 unspecified atom stereocenters. The highest BCUT2D eigenvalue weighted by atomic mass is 127. The zero-order chi connectivity index (χ0) is 19.9. The fourth-order valence-corrected chi connectivity index (χ4v) is 4.48. The highest BCUT2D eigenvalue weighted by Gasteiger charge is 2.24. The minimum atomic E-state index is -2.93. The van der Waals surface area contributed by atoms with E-state index in [4.69, 9.17) is 0 Å². The first-order chi connectivity index (χ1) is 12.7. The van der Waals surface area contributed by atoms with Gasteiger partial charge in [-0.15, -0.1) is 24.0 Å². The first-order valence-corrected chi connectivity index (χ1v) is 11.9. The summed E-state index contributed by atoms with van der Waals surface area (Å²) in [5.41, 5.74) is 1.34. The number of hydrogen-bond donors (Lipinski definition) is 2. The highest BCUT2D eigenvalue weighted by Crippen LogP contribution is 2.32. The Bertz CT molecular complexity index is 712. The van der Waals surface area contributed by atoms with Gasteiger partial charge in [0.25, 0.3) is 0 Å². The summed E-state index contributed by atoms with van der Waals surface area (Å²) >= 11 is 0. The van der Waals surface area contributed by atoms with Crippen LogP contribution in [0.15, 0.2) is 35.3 Å². The Morgan fingerprint density at radius 3 is 2.29 bits per heavy atom. The molecule has 0 saturated heterocycles. The van der Waals surface area contributed by atoms with Crippen LogP contribution in [0, 0.1) is 5.41 Å². The number of sulfone groups is 1. The molecule has 1 aliphatic carbocycles. The Balaban J connectivity index is 0.00000392. The van der Waals surface area contributed by atoms with Crippen molar-refractivity contribution < 1.29 is 8.42 Å². The first kappa shape index (κ1) is 25.2. The van der Waals surface area contributed by atoms with Crippen LogP contribution in [0.2, 0.25) is 0 Å². The molecule has 1 fully saturated rings. The fraction of sp³-hybridized carbons (Fsp3) is 0.667. The number of hydrogen-bond acceptors (Lipinski definition) is 3. The van der Waals surface area contributed by atoms with E-state index in [1.165, 1.54) is 24.7 Å². The molecule has 0 aliphatic heterocycles. The normalized spacial score (nSPS) is 20.9. The molecule has 0 spiro atoms. The van der Waals surface area contributed by atoms with E-state index in [-0.39, 0.29) is 35.1 Å². The number of nitrogens with zero attached hydrogens (tertiary/aromatic N) is 1. The number of halogens is 1. The molecule has 0 amide bonds. The van der Waals surface area contributed by atoms with Crippen LogP contribution in [-0.2, 0) is 9.84 Å². The summed E-state index contributed by atoms with van der Waals surface area (Å²) < 4.78 is 22.8. The Morgan fingerprint density at radius 2 is 1.75 bits per heavy atom. The molecular formula is C21H36IN3O2S. The third-order valence-electron chi connectivity index (χ3n) is 5.45. The van der Waals surface area contributed by atoms with Crippen molar-refractivity contribution in [2.75, 3.05) is 25.6 Å². The van der Waals surface area contributed by atoms with Crippen molar-refractivity contribution in [3.8, 4) is 0 Å². The van der Waals surface area contributed by atoms with Gasteiger partial charge in [-0.3, -0.25) is 4.99 Å². The second-order valence-corrected chi connectivity index (χ2v) is 10.8. The maximum Gasteiger partial charge on any atom is 0.191 e. The van der Waals surface area contributed by atoms with Crippen LogP contribution < -0.4 is 10.6 Å². The van der Waals surface area contributed by atoms with Gasteiger partial charge in [0.1, 0.15) is 9.84 Å². The molecule has 5 nitrogen and oxygen atoms in total. The second kappa shape index (κ2) is 11.4. The number of guanidine groups is 1. The number of benzene rings is 1. The lowest BCUT2D eigenvalue weighted by molar-refractivity contribution is 0.342. The molecular weight excluding hydrogens is 485 g/mol. The Hall–Kier alpha value is -0.830. The standard InChI is InChI=1S/C21H35N3O2S.HI/c1-21(2,14-15-27(4,25)26)16-23-20(22-3)24-19-12-10-18(11-13-19)17-8-6-5-7-9-17;/h5-9,18-19H,10-16H2,1-4H3,(H2,22,23,24);1H. The van der Waals surface area contributed by atoms with E-state index in [2.05, 4.69) is 59.8 Å². The molecule has 1 saturated carbocycles. The average molecular weight is 522 g/mol. The summed E-state index contributed by atoms with van der Waals surface area (Å²) in [6, 6.07) is 11.2. The monoisotopic (exact) mass is 521 g/mol. The predicted octanol–water partition coefficient (Wildman–Crippen LogP) is 3.96. The fourth-order valence-electron chi connectivity index (χ4n) is 3.56. The van der Waals surface area contributed by atoms with Gasteiger partial charge in [0.15, 0.2) is 5.96 Å². The van der Waals surface area contributed by atoms with Crippen LogP contribution in [-0.4, -0.2) is 46.0 Å². The smallest absolute Gasteiger partial charge is 0.191 e.